The first-order valence-corrected chi connectivity index (χ1v) is 10.3. The molecule has 160 valence electrons. The van der Waals surface area contributed by atoms with Gasteiger partial charge in [0.1, 0.15) is 11.3 Å². The van der Waals surface area contributed by atoms with E-state index in [1.807, 2.05) is 19.1 Å². The number of imide groups is 1. The number of methoxy groups -OCH3 is 1. The molecule has 1 spiro atoms. The van der Waals surface area contributed by atoms with E-state index in [9.17, 15) is 19.2 Å². The average molecular weight is 414 g/mol. The summed E-state index contributed by atoms with van der Waals surface area (Å²) < 4.78 is 5.36. The number of anilines is 1. The van der Waals surface area contributed by atoms with Crippen molar-refractivity contribution in [1.82, 2.24) is 15.8 Å². The Kier molecular flexibility index (Phi) is 5.13. The highest BCUT2D eigenvalue weighted by Gasteiger charge is 2.52. The summed E-state index contributed by atoms with van der Waals surface area (Å²) in [6.45, 7) is 2.06. The summed E-state index contributed by atoms with van der Waals surface area (Å²) in [4.78, 5) is 52.2. The zero-order valence-electron chi connectivity index (χ0n) is 17.2. The molecule has 0 bridgehead atoms. The Balaban J connectivity index is 1.46. The Morgan fingerprint density at radius 2 is 1.93 bits per heavy atom. The first-order chi connectivity index (χ1) is 14.3. The van der Waals surface area contributed by atoms with E-state index in [0.717, 1.165) is 29.8 Å². The molecule has 1 aromatic rings. The molecular formula is C21H26N4O5. The van der Waals surface area contributed by atoms with Gasteiger partial charge in [0.25, 0.3) is 5.91 Å². The predicted molar refractivity (Wildman–Crippen MR) is 108 cm³/mol. The van der Waals surface area contributed by atoms with Crippen LogP contribution >= 0.6 is 0 Å². The van der Waals surface area contributed by atoms with E-state index >= 15 is 0 Å². The molecule has 2 aliphatic heterocycles. The zero-order valence-corrected chi connectivity index (χ0v) is 17.2. The Morgan fingerprint density at radius 1 is 1.20 bits per heavy atom. The Labute approximate surface area is 174 Å². The van der Waals surface area contributed by atoms with Crippen molar-refractivity contribution in [3.05, 3.63) is 23.8 Å². The molecule has 3 fully saturated rings. The lowest BCUT2D eigenvalue weighted by molar-refractivity contribution is -0.141. The van der Waals surface area contributed by atoms with Crippen molar-refractivity contribution < 1.29 is 23.9 Å². The first kappa shape index (κ1) is 20.2. The number of benzene rings is 1. The summed E-state index contributed by atoms with van der Waals surface area (Å²) in [6, 6.07) is 4.88. The van der Waals surface area contributed by atoms with Crippen LogP contribution in [0.1, 0.15) is 44.1 Å². The third-order valence-corrected chi connectivity index (χ3v) is 6.21. The molecule has 4 rings (SSSR count). The maximum atomic E-state index is 12.8. The van der Waals surface area contributed by atoms with Crippen molar-refractivity contribution in [1.29, 1.82) is 0 Å². The van der Waals surface area contributed by atoms with Gasteiger partial charge < -0.3 is 15.0 Å². The van der Waals surface area contributed by atoms with Crippen molar-refractivity contribution in [3.8, 4) is 5.75 Å². The van der Waals surface area contributed by atoms with Gasteiger partial charge in [0.15, 0.2) is 0 Å². The molecule has 1 aliphatic carbocycles. The number of amides is 5. The summed E-state index contributed by atoms with van der Waals surface area (Å²) in [5, 5.41) is 3.54. The molecule has 1 unspecified atom stereocenters. The van der Waals surface area contributed by atoms with E-state index in [-0.39, 0.29) is 18.9 Å². The van der Waals surface area contributed by atoms with E-state index in [0.29, 0.717) is 24.3 Å². The highest BCUT2D eigenvalue weighted by atomic mass is 16.5. The normalized spacial score (nSPS) is 23.1. The van der Waals surface area contributed by atoms with E-state index in [1.165, 1.54) is 12.0 Å². The topological polar surface area (TPSA) is 108 Å². The van der Waals surface area contributed by atoms with Gasteiger partial charge in [0.2, 0.25) is 11.8 Å². The lowest BCUT2D eigenvalue weighted by Crippen LogP contribution is -2.52. The minimum atomic E-state index is -0.908. The number of hydrogen-bond acceptors (Lipinski definition) is 5. The number of rotatable bonds is 4. The van der Waals surface area contributed by atoms with Gasteiger partial charge in [-0.25, -0.2) is 4.79 Å². The zero-order chi connectivity index (χ0) is 21.5. The van der Waals surface area contributed by atoms with Crippen LogP contribution in [-0.2, 0) is 14.4 Å². The van der Waals surface area contributed by atoms with Crippen LogP contribution in [0.4, 0.5) is 10.5 Å². The number of ether oxygens (including phenoxy) is 1. The summed E-state index contributed by atoms with van der Waals surface area (Å²) >= 11 is 0. The second kappa shape index (κ2) is 7.62. The highest BCUT2D eigenvalue weighted by Crippen LogP contribution is 2.35. The summed E-state index contributed by atoms with van der Waals surface area (Å²) in [5.74, 6) is -1.27. The van der Waals surface area contributed by atoms with Crippen molar-refractivity contribution >= 4 is 29.4 Å². The molecule has 1 atom stereocenters. The van der Waals surface area contributed by atoms with E-state index in [2.05, 4.69) is 10.7 Å². The smallest absolute Gasteiger partial charge is 0.344 e. The summed E-state index contributed by atoms with van der Waals surface area (Å²) in [7, 11) is 1.53. The average Bonchev–Trinajstić information content (AvgIpc) is 3.22. The number of nitrogens with zero attached hydrogens (tertiary/aromatic N) is 2. The molecule has 0 aromatic heterocycles. The third-order valence-electron chi connectivity index (χ3n) is 6.21. The lowest BCUT2D eigenvalue weighted by Gasteiger charge is -2.30. The molecule has 0 radical (unpaired) electrons. The minimum absolute atomic E-state index is 0.00226. The Morgan fingerprint density at radius 3 is 2.63 bits per heavy atom. The number of carbonyl (C=O) groups excluding carboxylic acids is 4. The molecular weight excluding hydrogens is 388 g/mol. The molecule has 30 heavy (non-hydrogen) atoms. The number of urea groups is 1. The van der Waals surface area contributed by atoms with E-state index in [4.69, 9.17) is 4.74 Å². The summed E-state index contributed by atoms with van der Waals surface area (Å²) in [6.07, 6.45) is 3.90. The maximum absolute atomic E-state index is 12.8. The molecule has 2 saturated heterocycles. The molecule has 1 saturated carbocycles. The maximum Gasteiger partial charge on any atom is 0.344 e. The van der Waals surface area contributed by atoms with Gasteiger partial charge in [0.05, 0.1) is 18.7 Å². The second-order valence-electron chi connectivity index (χ2n) is 8.27. The van der Waals surface area contributed by atoms with Crippen LogP contribution in [0, 0.1) is 12.8 Å². The molecule has 2 heterocycles. The quantitative estimate of drug-likeness (QED) is 0.729. The van der Waals surface area contributed by atoms with Crippen LogP contribution in [0.15, 0.2) is 18.2 Å². The number of hydrazine groups is 1. The van der Waals surface area contributed by atoms with Crippen molar-refractivity contribution in [2.75, 3.05) is 18.6 Å². The van der Waals surface area contributed by atoms with Gasteiger partial charge in [0, 0.05) is 13.0 Å². The molecule has 2 N–H and O–H groups in total. The molecule has 3 aliphatic rings. The fourth-order valence-corrected chi connectivity index (χ4v) is 4.54. The van der Waals surface area contributed by atoms with E-state index in [1.54, 1.807) is 6.07 Å². The van der Waals surface area contributed by atoms with Gasteiger partial charge in [-0.05, 0) is 37.5 Å². The number of hydrogen-bond donors (Lipinski definition) is 2. The molecule has 9 heteroatoms. The number of aryl methyl sites for hydroxylation is 1. The number of carbonyl (C=O) groups is 4. The van der Waals surface area contributed by atoms with Crippen LogP contribution in [0.3, 0.4) is 0 Å². The molecule has 9 nitrogen and oxygen atoms in total. The number of nitrogens with one attached hydrogen (secondary N) is 2. The van der Waals surface area contributed by atoms with Gasteiger partial charge >= 0.3 is 6.03 Å². The second-order valence-corrected chi connectivity index (χ2v) is 8.27. The van der Waals surface area contributed by atoms with Crippen molar-refractivity contribution in [2.45, 2.75) is 51.0 Å². The van der Waals surface area contributed by atoms with Crippen LogP contribution in [0.25, 0.3) is 0 Å². The molecule has 1 aromatic carbocycles. The van der Waals surface area contributed by atoms with Crippen LogP contribution in [0.2, 0.25) is 0 Å². The fourth-order valence-electron chi connectivity index (χ4n) is 4.54. The van der Waals surface area contributed by atoms with Crippen LogP contribution < -0.4 is 20.4 Å². The predicted octanol–water partition coefficient (Wildman–Crippen LogP) is 1.64. The van der Waals surface area contributed by atoms with Gasteiger partial charge in [-0.15, -0.1) is 0 Å². The van der Waals surface area contributed by atoms with Gasteiger partial charge in [-0.2, -0.15) is 5.01 Å². The van der Waals surface area contributed by atoms with Gasteiger partial charge in [-0.3, -0.25) is 19.8 Å². The highest BCUT2D eigenvalue weighted by molar-refractivity contribution is 6.08. The van der Waals surface area contributed by atoms with Gasteiger partial charge in [-0.1, -0.05) is 25.3 Å². The Bertz CT molecular complexity index is 909. The van der Waals surface area contributed by atoms with E-state index < -0.39 is 29.3 Å². The fraction of sp³-hybridized carbons (Fsp3) is 0.524. The van der Waals surface area contributed by atoms with Crippen LogP contribution in [-0.4, -0.2) is 48.0 Å². The SMILES string of the molecule is COc1ccc(C)cc1N1CC(C(=O)NN2C(=O)NC3(CCCCC3)C2=O)CC1=O. The Hall–Kier alpha value is -3.10. The summed E-state index contributed by atoms with van der Waals surface area (Å²) in [5.41, 5.74) is 3.11. The lowest BCUT2D eigenvalue weighted by atomic mass is 9.82. The minimum Gasteiger partial charge on any atom is -0.495 e. The van der Waals surface area contributed by atoms with Crippen molar-refractivity contribution in [2.24, 2.45) is 5.92 Å². The standard InChI is InChI=1S/C21H26N4O5/c1-13-6-7-16(30-2)15(10-13)24-12-14(11-17(24)26)18(27)23-25-19(28)21(22-20(25)29)8-4-3-5-9-21/h6-7,10,14H,3-5,8-9,11-12H2,1-2H3,(H,22,29)(H,23,27). The van der Waals surface area contributed by atoms with Crippen molar-refractivity contribution in [3.63, 3.8) is 0 Å². The third kappa shape index (κ3) is 3.38. The molecule has 5 amide bonds. The van der Waals surface area contributed by atoms with Crippen LogP contribution in [0.5, 0.6) is 5.75 Å². The first-order valence-electron chi connectivity index (χ1n) is 10.3. The largest absolute Gasteiger partial charge is 0.495 e. The monoisotopic (exact) mass is 414 g/mol.